The summed E-state index contributed by atoms with van der Waals surface area (Å²) in [5.74, 6) is -1.67. The van der Waals surface area contributed by atoms with Gasteiger partial charge in [0.1, 0.15) is 16.8 Å². The van der Waals surface area contributed by atoms with Gasteiger partial charge in [-0.05, 0) is 18.5 Å². The molecule has 4 rings (SSSR count). The van der Waals surface area contributed by atoms with E-state index < -0.39 is 11.9 Å². The quantitative estimate of drug-likeness (QED) is 0.459. The van der Waals surface area contributed by atoms with Crippen LogP contribution in [0.25, 0.3) is 16.3 Å². The van der Waals surface area contributed by atoms with Crippen LogP contribution in [-0.2, 0) is 9.47 Å². The second-order valence-corrected chi connectivity index (χ2v) is 7.71. The number of pyridine rings is 1. The number of Topliss-reactive ketones (excluding diaryl/α,β-unsaturated/α-hetero) is 1. The summed E-state index contributed by atoms with van der Waals surface area (Å²) in [5.41, 5.74) is 0.608. The molecule has 162 valence electrons. The van der Waals surface area contributed by atoms with Crippen LogP contribution in [0.4, 0.5) is 0 Å². The van der Waals surface area contributed by atoms with E-state index in [4.69, 9.17) is 9.47 Å². The lowest BCUT2D eigenvalue weighted by atomic mass is 10.0. The fraction of sp³-hybridized carbons (Fsp3) is 0.348. The van der Waals surface area contributed by atoms with Gasteiger partial charge in [0.05, 0.1) is 26.3 Å². The van der Waals surface area contributed by atoms with Crippen LogP contribution < -0.4 is 0 Å². The second kappa shape index (κ2) is 8.49. The number of methoxy groups -OCH3 is 2. The summed E-state index contributed by atoms with van der Waals surface area (Å²) in [6, 6.07) is 9.36. The number of aromatic nitrogens is 1. The lowest BCUT2D eigenvalue weighted by molar-refractivity contribution is 0.0556. The minimum absolute atomic E-state index is 0.0490. The second-order valence-electron chi connectivity index (χ2n) is 7.71. The van der Waals surface area contributed by atoms with Crippen LogP contribution in [0.15, 0.2) is 36.5 Å². The molecule has 1 fully saturated rings. The number of likely N-dealkylation sites (N-methyl/N-ethyl adjacent to an activating group) is 1. The normalized spacial score (nSPS) is 15.3. The predicted octanol–water partition coefficient (Wildman–Crippen LogP) is 2.10. The lowest BCUT2D eigenvalue weighted by Crippen LogP contribution is -2.46. The highest BCUT2D eigenvalue weighted by Gasteiger charge is 2.34. The van der Waals surface area contributed by atoms with Crippen molar-refractivity contribution in [3.05, 3.63) is 53.3 Å². The summed E-state index contributed by atoms with van der Waals surface area (Å²) in [6.07, 6.45) is 1.72. The number of rotatable bonds is 5. The third kappa shape index (κ3) is 3.68. The molecule has 0 spiro atoms. The summed E-state index contributed by atoms with van der Waals surface area (Å²) in [6.45, 7) is 3.39. The van der Waals surface area contributed by atoms with Gasteiger partial charge in [0.25, 0.3) is 0 Å². The van der Waals surface area contributed by atoms with Crippen molar-refractivity contribution in [3.8, 4) is 0 Å². The number of piperazine rings is 1. The minimum Gasteiger partial charge on any atom is -0.465 e. The number of hydrogen-bond donors (Lipinski definition) is 0. The van der Waals surface area contributed by atoms with Crippen LogP contribution in [0.3, 0.4) is 0 Å². The summed E-state index contributed by atoms with van der Waals surface area (Å²) < 4.78 is 11.6. The van der Waals surface area contributed by atoms with E-state index >= 15 is 0 Å². The maximum absolute atomic E-state index is 13.5. The van der Waals surface area contributed by atoms with E-state index in [2.05, 4.69) is 9.80 Å². The van der Waals surface area contributed by atoms with Crippen molar-refractivity contribution < 1.29 is 23.9 Å². The summed E-state index contributed by atoms with van der Waals surface area (Å²) in [5, 5.41) is 1.63. The zero-order valence-electron chi connectivity index (χ0n) is 17.9. The van der Waals surface area contributed by atoms with Crippen LogP contribution in [0, 0.1) is 0 Å². The van der Waals surface area contributed by atoms with Crippen molar-refractivity contribution in [1.29, 1.82) is 0 Å². The van der Waals surface area contributed by atoms with Gasteiger partial charge in [-0.2, -0.15) is 0 Å². The van der Waals surface area contributed by atoms with E-state index in [9.17, 15) is 14.4 Å². The lowest BCUT2D eigenvalue weighted by Gasteiger charge is -2.31. The fourth-order valence-electron chi connectivity index (χ4n) is 4.18. The molecule has 31 heavy (non-hydrogen) atoms. The molecule has 1 aliphatic rings. The van der Waals surface area contributed by atoms with Crippen molar-refractivity contribution in [1.82, 2.24) is 14.2 Å². The molecule has 3 aromatic rings. The number of hydrogen-bond acceptors (Lipinski definition) is 7. The number of esters is 2. The van der Waals surface area contributed by atoms with Crippen LogP contribution in [0.2, 0.25) is 0 Å². The monoisotopic (exact) mass is 423 g/mol. The average Bonchev–Trinajstić information content (AvgIpc) is 3.15. The summed E-state index contributed by atoms with van der Waals surface area (Å²) in [4.78, 5) is 43.3. The number of benzene rings is 1. The van der Waals surface area contributed by atoms with Crippen molar-refractivity contribution in [2.24, 2.45) is 0 Å². The van der Waals surface area contributed by atoms with Gasteiger partial charge in [-0.25, -0.2) is 9.59 Å². The highest BCUT2D eigenvalue weighted by molar-refractivity contribution is 6.19. The largest absolute Gasteiger partial charge is 0.465 e. The van der Waals surface area contributed by atoms with Gasteiger partial charge in [-0.1, -0.05) is 24.3 Å². The predicted molar refractivity (Wildman–Crippen MR) is 116 cm³/mol. The molecule has 1 aliphatic heterocycles. The molecular formula is C23H25N3O5. The molecule has 3 heterocycles. The SMILES string of the molecule is COC(=O)c1c(C(=O)OC)c2c3ccccc3ccn2c1C(=O)CN1CCN(C)CC1. The van der Waals surface area contributed by atoms with Crippen molar-refractivity contribution in [3.63, 3.8) is 0 Å². The van der Waals surface area contributed by atoms with Crippen LogP contribution in [0.5, 0.6) is 0 Å². The first-order valence-electron chi connectivity index (χ1n) is 10.1. The highest BCUT2D eigenvalue weighted by atomic mass is 16.5. The van der Waals surface area contributed by atoms with E-state index in [1.807, 2.05) is 37.4 Å². The third-order valence-corrected chi connectivity index (χ3v) is 5.83. The Balaban J connectivity index is 1.95. The van der Waals surface area contributed by atoms with Gasteiger partial charge in [0.2, 0.25) is 0 Å². The first kappa shape index (κ1) is 21.0. The Bertz CT molecular complexity index is 1170. The van der Waals surface area contributed by atoms with Crippen molar-refractivity contribution in [2.75, 3.05) is 54.0 Å². The standard InChI is InChI=1S/C23H25N3O5/c1-24-10-12-25(13-11-24)14-17(27)21-19(23(29)31-3)18(22(28)30-2)20-16-7-5-4-6-15(16)8-9-26(20)21/h4-9H,10-14H2,1-3H3. The molecule has 0 unspecified atom stereocenters. The zero-order valence-corrected chi connectivity index (χ0v) is 17.9. The number of carbonyl (C=O) groups excluding carboxylic acids is 3. The van der Waals surface area contributed by atoms with E-state index in [1.165, 1.54) is 14.2 Å². The van der Waals surface area contributed by atoms with E-state index in [0.717, 1.165) is 37.0 Å². The molecule has 8 heteroatoms. The van der Waals surface area contributed by atoms with Crippen LogP contribution >= 0.6 is 0 Å². The average molecular weight is 423 g/mol. The number of ether oxygens (including phenoxy) is 2. The maximum atomic E-state index is 13.5. The van der Waals surface area contributed by atoms with Gasteiger partial charge in [-0.15, -0.1) is 0 Å². The highest BCUT2D eigenvalue weighted by Crippen LogP contribution is 2.32. The van der Waals surface area contributed by atoms with E-state index in [0.29, 0.717) is 5.52 Å². The fourth-order valence-corrected chi connectivity index (χ4v) is 4.18. The third-order valence-electron chi connectivity index (χ3n) is 5.83. The molecule has 0 bridgehead atoms. The van der Waals surface area contributed by atoms with Gasteiger partial charge in [-0.3, -0.25) is 9.69 Å². The van der Waals surface area contributed by atoms with E-state index in [-0.39, 0.29) is 29.1 Å². The van der Waals surface area contributed by atoms with Crippen LogP contribution in [-0.4, -0.2) is 85.9 Å². The smallest absolute Gasteiger partial charge is 0.341 e. The van der Waals surface area contributed by atoms with Gasteiger partial charge in [0, 0.05) is 37.8 Å². The molecule has 2 aromatic heterocycles. The molecule has 0 N–H and O–H groups in total. The Morgan fingerprint density at radius 1 is 0.903 bits per heavy atom. The number of fused-ring (bicyclic) bond motifs is 3. The first-order chi connectivity index (χ1) is 15.0. The zero-order chi connectivity index (χ0) is 22.1. The molecule has 0 radical (unpaired) electrons. The number of nitrogens with zero attached hydrogens (tertiary/aromatic N) is 3. The van der Waals surface area contributed by atoms with Crippen molar-refractivity contribution >= 4 is 34.0 Å². The van der Waals surface area contributed by atoms with Crippen LogP contribution in [0.1, 0.15) is 31.2 Å². The maximum Gasteiger partial charge on any atom is 0.341 e. The molecule has 0 aliphatic carbocycles. The minimum atomic E-state index is -0.741. The van der Waals surface area contributed by atoms with Crippen molar-refractivity contribution in [2.45, 2.75) is 0 Å². The Hall–Kier alpha value is -3.23. The summed E-state index contributed by atoms with van der Waals surface area (Å²) >= 11 is 0. The first-order valence-corrected chi connectivity index (χ1v) is 10.1. The molecule has 0 saturated carbocycles. The molecule has 0 atom stereocenters. The van der Waals surface area contributed by atoms with Gasteiger partial charge < -0.3 is 18.8 Å². The Morgan fingerprint density at radius 3 is 2.23 bits per heavy atom. The Labute approximate surface area is 179 Å². The molecule has 8 nitrogen and oxygen atoms in total. The number of carbonyl (C=O) groups is 3. The topological polar surface area (TPSA) is 80.6 Å². The van der Waals surface area contributed by atoms with Gasteiger partial charge >= 0.3 is 11.9 Å². The molecule has 1 saturated heterocycles. The number of ketones is 1. The molecule has 1 aromatic carbocycles. The Kier molecular flexibility index (Phi) is 5.75. The molecule has 0 amide bonds. The Morgan fingerprint density at radius 2 is 1.55 bits per heavy atom. The molecular weight excluding hydrogens is 398 g/mol. The van der Waals surface area contributed by atoms with Gasteiger partial charge in [0.15, 0.2) is 5.78 Å². The van der Waals surface area contributed by atoms with E-state index in [1.54, 1.807) is 10.6 Å². The summed E-state index contributed by atoms with van der Waals surface area (Å²) in [7, 11) is 4.53.